The van der Waals surface area contributed by atoms with E-state index in [0.717, 1.165) is 32.4 Å². The van der Waals surface area contributed by atoms with E-state index in [9.17, 15) is 9.90 Å². The molecule has 1 aromatic rings. The van der Waals surface area contributed by atoms with Gasteiger partial charge in [-0.3, -0.25) is 9.79 Å². The largest absolute Gasteiger partial charge is 0.386 e. The summed E-state index contributed by atoms with van der Waals surface area (Å²) >= 11 is 6.17. The smallest absolute Gasteiger partial charge is 0.225 e. The average molecular weight is 421 g/mol. The number of aliphatic hydroxyl groups excluding tert-OH is 1. The molecule has 2 atom stereocenters. The Hall–Kier alpha value is -1.79. The molecule has 1 heterocycles. The van der Waals surface area contributed by atoms with Crippen LogP contribution in [0.3, 0.4) is 0 Å². The van der Waals surface area contributed by atoms with Crippen LogP contribution in [0.5, 0.6) is 0 Å². The summed E-state index contributed by atoms with van der Waals surface area (Å²) in [4.78, 5) is 19.3. The molecule has 1 aromatic carbocycles. The van der Waals surface area contributed by atoms with Crippen LogP contribution in [0, 0.1) is 5.92 Å². The molecule has 2 aliphatic rings. The van der Waals surface area contributed by atoms with Gasteiger partial charge < -0.3 is 20.6 Å². The lowest BCUT2D eigenvalue weighted by molar-refractivity contribution is -0.135. The Kier molecular flexibility index (Phi) is 8.19. The van der Waals surface area contributed by atoms with Crippen LogP contribution in [0.25, 0.3) is 0 Å². The molecule has 2 fully saturated rings. The molecule has 0 bridgehead atoms. The second-order valence-electron chi connectivity index (χ2n) is 8.01. The molecule has 1 saturated carbocycles. The molecule has 0 aromatic heterocycles. The highest BCUT2D eigenvalue weighted by molar-refractivity contribution is 6.31. The second-order valence-corrected chi connectivity index (χ2v) is 8.41. The van der Waals surface area contributed by atoms with Crippen LogP contribution in [-0.4, -0.2) is 54.1 Å². The summed E-state index contributed by atoms with van der Waals surface area (Å²) in [6.45, 7) is 4.47. The van der Waals surface area contributed by atoms with Gasteiger partial charge in [0.15, 0.2) is 5.96 Å². The molecule has 29 heavy (non-hydrogen) atoms. The first-order chi connectivity index (χ1) is 14.1. The van der Waals surface area contributed by atoms with Crippen LogP contribution in [-0.2, 0) is 4.79 Å². The number of carbonyl (C=O) groups excluding carboxylic acids is 1. The predicted octanol–water partition coefficient (Wildman–Crippen LogP) is 3.11. The number of benzene rings is 1. The zero-order chi connectivity index (χ0) is 20.6. The fraction of sp³-hybridized carbons (Fsp3) is 0.636. The number of guanidine groups is 1. The van der Waals surface area contributed by atoms with Crippen molar-refractivity contribution in [3.8, 4) is 0 Å². The highest BCUT2D eigenvalue weighted by Gasteiger charge is 2.31. The Morgan fingerprint density at radius 3 is 2.76 bits per heavy atom. The Morgan fingerprint density at radius 2 is 2.03 bits per heavy atom. The van der Waals surface area contributed by atoms with Crippen LogP contribution in [0.15, 0.2) is 29.3 Å². The minimum Gasteiger partial charge on any atom is -0.386 e. The number of carbonyl (C=O) groups is 1. The first-order valence-corrected chi connectivity index (χ1v) is 11.2. The lowest BCUT2D eigenvalue weighted by atomic mass is 9.88. The van der Waals surface area contributed by atoms with Crippen molar-refractivity contribution in [2.75, 3.05) is 26.2 Å². The molecule has 1 aliphatic heterocycles. The van der Waals surface area contributed by atoms with Gasteiger partial charge in [0.1, 0.15) is 6.10 Å². The average Bonchev–Trinajstić information content (AvgIpc) is 3.21. The lowest BCUT2D eigenvalue weighted by Crippen LogP contribution is -2.45. The maximum atomic E-state index is 12.8. The van der Waals surface area contributed by atoms with Crippen molar-refractivity contribution in [3.05, 3.63) is 34.9 Å². The van der Waals surface area contributed by atoms with Crippen LogP contribution in [0.1, 0.15) is 57.1 Å². The normalized spacial score (nSPS) is 21.8. The third-order valence-corrected chi connectivity index (χ3v) is 6.17. The van der Waals surface area contributed by atoms with E-state index in [-0.39, 0.29) is 18.5 Å². The first-order valence-electron chi connectivity index (χ1n) is 10.8. The van der Waals surface area contributed by atoms with Gasteiger partial charge in [0, 0.05) is 42.2 Å². The van der Waals surface area contributed by atoms with Crippen molar-refractivity contribution in [3.63, 3.8) is 0 Å². The Bertz CT molecular complexity index is 706. The quantitative estimate of drug-likeness (QED) is 0.488. The van der Waals surface area contributed by atoms with Crippen molar-refractivity contribution in [2.24, 2.45) is 10.9 Å². The van der Waals surface area contributed by atoms with Crippen LogP contribution < -0.4 is 10.6 Å². The summed E-state index contributed by atoms with van der Waals surface area (Å²) in [6, 6.07) is 7.46. The molecule has 3 N–H and O–H groups in total. The molecular weight excluding hydrogens is 388 g/mol. The maximum absolute atomic E-state index is 12.8. The molecule has 1 saturated heterocycles. The van der Waals surface area contributed by atoms with Crippen molar-refractivity contribution in [2.45, 2.75) is 57.6 Å². The monoisotopic (exact) mass is 420 g/mol. The number of halogens is 1. The number of amides is 1. The van der Waals surface area contributed by atoms with Crippen LogP contribution in [0.4, 0.5) is 0 Å². The van der Waals surface area contributed by atoms with Crippen LogP contribution in [0.2, 0.25) is 5.02 Å². The van der Waals surface area contributed by atoms with Crippen molar-refractivity contribution in [1.29, 1.82) is 0 Å². The molecule has 2 unspecified atom stereocenters. The van der Waals surface area contributed by atoms with Gasteiger partial charge >= 0.3 is 0 Å². The summed E-state index contributed by atoms with van der Waals surface area (Å²) in [5.74, 6) is 1.20. The molecule has 160 valence electrons. The third-order valence-electron chi connectivity index (χ3n) is 5.83. The summed E-state index contributed by atoms with van der Waals surface area (Å²) in [7, 11) is 0. The second kappa shape index (κ2) is 10.8. The topological polar surface area (TPSA) is 77.0 Å². The maximum Gasteiger partial charge on any atom is 0.225 e. The standard InChI is InChI=1S/C22H33ClN4O2/c1-2-24-22(25-14-20(28)18-10-6-7-11-19(18)23)26-17-12-13-27(15-17)21(29)16-8-4-3-5-9-16/h6-7,10-11,16-17,20,28H,2-5,8-9,12-15H2,1H3,(H2,24,25,26). The SMILES string of the molecule is CCNC(=NCC(O)c1ccccc1Cl)NC1CCN(C(=O)C2CCCCC2)C1. The molecule has 1 amide bonds. The van der Waals surface area contributed by atoms with E-state index in [0.29, 0.717) is 29.0 Å². The van der Waals surface area contributed by atoms with Gasteiger partial charge in [-0.1, -0.05) is 49.1 Å². The minimum atomic E-state index is -0.757. The molecule has 1 aliphatic carbocycles. The minimum absolute atomic E-state index is 0.179. The van der Waals surface area contributed by atoms with Gasteiger partial charge in [-0.25, -0.2) is 0 Å². The Labute approximate surface area is 178 Å². The summed E-state index contributed by atoms with van der Waals surface area (Å²) in [5, 5.41) is 17.6. The number of aliphatic hydroxyl groups is 1. The number of aliphatic imine (C=N–C) groups is 1. The van der Waals surface area contributed by atoms with E-state index in [2.05, 4.69) is 15.6 Å². The fourth-order valence-corrected chi connectivity index (χ4v) is 4.48. The van der Waals surface area contributed by atoms with Crippen molar-refractivity contribution < 1.29 is 9.90 Å². The Morgan fingerprint density at radius 1 is 1.28 bits per heavy atom. The van der Waals surface area contributed by atoms with Crippen LogP contribution >= 0.6 is 11.6 Å². The Balaban J connectivity index is 1.54. The number of hydrogen-bond acceptors (Lipinski definition) is 3. The van der Waals surface area contributed by atoms with E-state index >= 15 is 0 Å². The highest BCUT2D eigenvalue weighted by atomic mass is 35.5. The van der Waals surface area contributed by atoms with E-state index in [4.69, 9.17) is 11.6 Å². The summed E-state index contributed by atoms with van der Waals surface area (Å²) < 4.78 is 0. The van der Waals surface area contributed by atoms with Gasteiger partial charge in [0.05, 0.1) is 6.54 Å². The van der Waals surface area contributed by atoms with E-state index in [1.54, 1.807) is 6.07 Å². The summed E-state index contributed by atoms with van der Waals surface area (Å²) in [5.41, 5.74) is 0.680. The summed E-state index contributed by atoms with van der Waals surface area (Å²) in [6.07, 6.45) is 5.85. The van der Waals surface area contributed by atoms with Gasteiger partial charge in [-0.2, -0.15) is 0 Å². The van der Waals surface area contributed by atoms with Gasteiger partial charge in [0.25, 0.3) is 0 Å². The zero-order valence-electron chi connectivity index (χ0n) is 17.2. The predicted molar refractivity (Wildman–Crippen MR) is 117 cm³/mol. The first kappa shape index (κ1) is 21.9. The van der Waals surface area contributed by atoms with Gasteiger partial charge in [-0.05, 0) is 32.3 Å². The van der Waals surface area contributed by atoms with E-state index < -0.39 is 6.10 Å². The molecule has 0 spiro atoms. The fourth-order valence-electron chi connectivity index (χ4n) is 4.22. The number of hydrogen-bond donors (Lipinski definition) is 3. The molecular formula is C22H33ClN4O2. The molecule has 0 radical (unpaired) electrons. The number of nitrogens with one attached hydrogen (secondary N) is 2. The zero-order valence-corrected chi connectivity index (χ0v) is 18.0. The molecule has 3 rings (SSSR count). The van der Waals surface area contributed by atoms with E-state index in [1.807, 2.05) is 30.0 Å². The number of likely N-dealkylation sites (tertiary alicyclic amines) is 1. The highest BCUT2D eigenvalue weighted by Crippen LogP contribution is 2.27. The van der Waals surface area contributed by atoms with Crippen molar-refractivity contribution in [1.82, 2.24) is 15.5 Å². The lowest BCUT2D eigenvalue weighted by Gasteiger charge is -2.26. The van der Waals surface area contributed by atoms with Gasteiger partial charge in [0.2, 0.25) is 5.91 Å². The van der Waals surface area contributed by atoms with Gasteiger partial charge in [-0.15, -0.1) is 0 Å². The molecule has 6 nitrogen and oxygen atoms in total. The van der Waals surface area contributed by atoms with E-state index in [1.165, 1.54) is 19.3 Å². The number of rotatable bonds is 6. The molecule has 7 heteroatoms. The third kappa shape index (κ3) is 6.09. The van der Waals surface area contributed by atoms with Crippen molar-refractivity contribution >= 4 is 23.5 Å². The number of nitrogens with zero attached hydrogens (tertiary/aromatic N) is 2.